The maximum atomic E-state index is 12.0. The van der Waals surface area contributed by atoms with Gasteiger partial charge in [0, 0.05) is 13.5 Å². The lowest BCUT2D eigenvalue weighted by Crippen LogP contribution is -2.39. The summed E-state index contributed by atoms with van der Waals surface area (Å²) in [5, 5.41) is 11.1. The molecule has 7 nitrogen and oxygen atoms in total. The Kier molecular flexibility index (Phi) is 4.59. The number of fused-ring (bicyclic) bond motifs is 1. The number of amides is 2. The molecule has 1 N–H and O–H groups in total. The number of carbonyl (C=O) groups is 2. The van der Waals surface area contributed by atoms with Crippen molar-refractivity contribution >= 4 is 11.8 Å². The Labute approximate surface area is 140 Å². The number of nitrogens with one attached hydrogen (secondary N) is 1. The Hall–Kier alpha value is -2.70. The van der Waals surface area contributed by atoms with Gasteiger partial charge in [-0.15, -0.1) is 5.10 Å². The molecule has 1 aliphatic heterocycles. The summed E-state index contributed by atoms with van der Waals surface area (Å²) in [7, 11) is 1.76. The van der Waals surface area contributed by atoms with Crippen molar-refractivity contribution < 1.29 is 9.59 Å². The van der Waals surface area contributed by atoms with Gasteiger partial charge in [0.15, 0.2) is 0 Å². The number of carbonyl (C=O) groups excluding carboxylic acids is 2. The number of hydrogen-bond donors (Lipinski definition) is 1. The largest absolute Gasteiger partial charge is 0.350 e. The Morgan fingerprint density at radius 3 is 2.83 bits per heavy atom. The highest BCUT2D eigenvalue weighted by Gasteiger charge is 2.30. The van der Waals surface area contributed by atoms with E-state index in [4.69, 9.17) is 0 Å². The summed E-state index contributed by atoms with van der Waals surface area (Å²) in [6.45, 7) is 2.60. The van der Waals surface area contributed by atoms with Crippen LogP contribution in [0.4, 0.5) is 0 Å². The van der Waals surface area contributed by atoms with Crippen LogP contribution in [0.2, 0.25) is 0 Å². The van der Waals surface area contributed by atoms with Crippen molar-refractivity contribution in [3.63, 3.8) is 0 Å². The van der Waals surface area contributed by atoms with E-state index in [2.05, 4.69) is 15.6 Å². The number of rotatable bonds is 5. The molecule has 0 radical (unpaired) electrons. The molecule has 1 aromatic heterocycles. The molecule has 0 aliphatic carbocycles. The predicted octanol–water partition coefficient (Wildman–Crippen LogP) is 1.06. The van der Waals surface area contributed by atoms with Crippen LogP contribution < -0.4 is 5.32 Å². The van der Waals surface area contributed by atoms with E-state index in [1.165, 1.54) is 0 Å². The number of benzene rings is 1. The van der Waals surface area contributed by atoms with Crippen LogP contribution in [0.25, 0.3) is 0 Å². The molecule has 24 heavy (non-hydrogen) atoms. The first kappa shape index (κ1) is 16.2. The molecule has 3 rings (SSSR count). The van der Waals surface area contributed by atoms with Crippen LogP contribution in [0.5, 0.6) is 0 Å². The standard InChI is InChI=1S/C17H21N5O2/c1-12-17(24)21(2)11-15-14(19-20-22(12)15)10-18-16(23)9-8-13-6-4-3-5-7-13/h3-7,12H,8-11H2,1-2H3,(H,18,23). The van der Waals surface area contributed by atoms with Gasteiger partial charge in [0.05, 0.1) is 18.8 Å². The summed E-state index contributed by atoms with van der Waals surface area (Å²) in [4.78, 5) is 25.6. The average molecular weight is 327 g/mol. The van der Waals surface area contributed by atoms with E-state index in [-0.39, 0.29) is 17.9 Å². The summed E-state index contributed by atoms with van der Waals surface area (Å²) < 4.78 is 1.65. The van der Waals surface area contributed by atoms with Gasteiger partial charge in [-0.25, -0.2) is 4.68 Å². The van der Waals surface area contributed by atoms with Gasteiger partial charge in [0.1, 0.15) is 11.7 Å². The first-order chi connectivity index (χ1) is 11.6. The van der Waals surface area contributed by atoms with Crippen LogP contribution >= 0.6 is 0 Å². The average Bonchev–Trinajstić information content (AvgIpc) is 3.00. The molecule has 0 bridgehead atoms. The summed E-state index contributed by atoms with van der Waals surface area (Å²) in [5.74, 6) is -0.000242. The molecule has 126 valence electrons. The minimum atomic E-state index is -0.353. The van der Waals surface area contributed by atoms with Gasteiger partial charge in [-0.05, 0) is 18.9 Å². The number of aromatic nitrogens is 3. The lowest BCUT2D eigenvalue weighted by atomic mass is 10.1. The van der Waals surface area contributed by atoms with Crippen LogP contribution in [-0.2, 0) is 29.1 Å². The van der Waals surface area contributed by atoms with E-state index in [1.807, 2.05) is 30.3 Å². The van der Waals surface area contributed by atoms with Gasteiger partial charge >= 0.3 is 0 Å². The minimum absolute atomic E-state index is 0.0193. The Morgan fingerprint density at radius 1 is 1.33 bits per heavy atom. The number of aryl methyl sites for hydroxylation is 1. The second kappa shape index (κ2) is 6.82. The quantitative estimate of drug-likeness (QED) is 0.890. The predicted molar refractivity (Wildman–Crippen MR) is 87.8 cm³/mol. The van der Waals surface area contributed by atoms with Crippen molar-refractivity contribution in [2.24, 2.45) is 0 Å². The molecular formula is C17H21N5O2. The Bertz CT molecular complexity index is 741. The second-order valence-corrected chi connectivity index (χ2v) is 6.06. The SMILES string of the molecule is CC1C(=O)N(C)Cc2c(CNC(=O)CCc3ccccc3)nnn21. The highest BCUT2D eigenvalue weighted by Crippen LogP contribution is 2.21. The van der Waals surface area contributed by atoms with Crippen LogP contribution in [0, 0.1) is 0 Å². The fraction of sp³-hybridized carbons (Fsp3) is 0.412. The fourth-order valence-corrected chi connectivity index (χ4v) is 2.86. The maximum Gasteiger partial charge on any atom is 0.247 e. The van der Waals surface area contributed by atoms with Gasteiger partial charge in [-0.1, -0.05) is 35.5 Å². The molecule has 2 aromatic rings. The summed E-state index contributed by atoms with van der Waals surface area (Å²) in [5.41, 5.74) is 2.74. The van der Waals surface area contributed by atoms with Crippen LogP contribution in [-0.4, -0.2) is 38.8 Å². The smallest absolute Gasteiger partial charge is 0.247 e. The molecule has 0 saturated heterocycles. The van der Waals surface area contributed by atoms with E-state index in [0.717, 1.165) is 11.3 Å². The Morgan fingerprint density at radius 2 is 2.08 bits per heavy atom. The molecule has 1 unspecified atom stereocenters. The number of hydrogen-bond acceptors (Lipinski definition) is 4. The van der Waals surface area contributed by atoms with Crippen LogP contribution in [0.3, 0.4) is 0 Å². The summed E-state index contributed by atoms with van der Waals surface area (Å²) >= 11 is 0. The molecule has 1 atom stereocenters. The third kappa shape index (κ3) is 3.29. The van der Waals surface area contributed by atoms with Gasteiger partial charge in [-0.3, -0.25) is 9.59 Å². The van der Waals surface area contributed by atoms with Crippen molar-refractivity contribution in [3.05, 3.63) is 47.3 Å². The summed E-state index contributed by atoms with van der Waals surface area (Å²) in [6, 6.07) is 9.56. The number of nitrogens with zero attached hydrogens (tertiary/aromatic N) is 4. The molecule has 0 spiro atoms. The van der Waals surface area contributed by atoms with E-state index in [9.17, 15) is 9.59 Å². The zero-order valence-electron chi connectivity index (χ0n) is 13.9. The van der Waals surface area contributed by atoms with Crippen molar-refractivity contribution in [2.45, 2.75) is 38.9 Å². The third-order valence-corrected chi connectivity index (χ3v) is 4.30. The zero-order chi connectivity index (χ0) is 17.1. The molecule has 0 fully saturated rings. The third-order valence-electron chi connectivity index (χ3n) is 4.30. The second-order valence-electron chi connectivity index (χ2n) is 6.06. The lowest BCUT2D eigenvalue weighted by Gasteiger charge is -2.28. The molecule has 1 aromatic carbocycles. The highest BCUT2D eigenvalue weighted by molar-refractivity contribution is 5.80. The Balaban J connectivity index is 1.57. The van der Waals surface area contributed by atoms with E-state index < -0.39 is 0 Å². The van der Waals surface area contributed by atoms with Gasteiger partial charge in [-0.2, -0.15) is 0 Å². The van der Waals surface area contributed by atoms with Gasteiger partial charge in [0.2, 0.25) is 11.8 Å². The van der Waals surface area contributed by atoms with Crippen molar-refractivity contribution in [3.8, 4) is 0 Å². The highest BCUT2D eigenvalue weighted by atomic mass is 16.2. The van der Waals surface area contributed by atoms with Crippen molar-refractivity contribution in [2.75, 3.05) is 7.05 Å². The van der Waals surface area contributed by atoms with Crippen molar-refractivity contribution in [1.82, 2.24) is 25.2 Å². The van der Waals surface area contributed by atoms with Crippen LogP contribution in [0.15, 0.2) is 30.3 Å². The topological polar surface area (TPSA) is 80.1 Å². The maximum absolute atomic E-state index is 12.0. The normalized spacial score (nSPS) is 16.8. The first-order valence-corrected chi connectivity index (χ1v) is 8.05. The first-order valence-electron chi connectivity index (χ1n) is 8.05. The molecule has 2 heterocycles. The zero-order valence-corrected chi connectivity index (χ0v) is 13.9. The summed E-state index contributed by atoms with van der Waals surface area (Å²) in [6.07, 6.45) is 1.14. The molecule has 0 saturated carbocycles. The van der Waals surface area contributed by atoms with E-state index in [1.54, 1.807) is 23.6 Å². The lowest BCUT2D eigenvalue weighted by molar-refractivity contribution is -0.135. The van der Waals surface area contributed by atoms with Gasteiger partial charge < -0.3 is 10.2 Å². The number of likely N-dealkylation sites (N-methyl/N-ethyl adjacent to an activating group) is 1. The molecule has 1 aliphatic rings. The molecular weight excluding hydrogens is 306 g/mol. The monoisotopic (exact) mass is 327 g/mol. The van der Waals surface area contributed by atoms with Gasteiger partial charge in [0.25, 0.3) is 0 Å². The molecule has 7 heteroatoms. The van der Waals surface area contributed by atoms with E-state index in [0.29, 0.717) is 31.6 Å². The van der Waals surface area contributed by atoms with Crippen LogP contribution in [0.1, 0.15) is 36.3 Å². The minimum Gasteiger partial charge on any atom is -0.350 e. The fourth-order valence-electron chi connectivity index (χ4n) is 2.86. The molecule has 2 amide bonds. The van der Waals surface area contributed by atoms with Crippen molar-refractivity contribution in [1.29, 1.82) is 0 Å². The van der Waals surface area contributed by atoms with E-state index >= 15 is 0 Å².